The van der Waals surface area contributed by atoms with Crippen LogP contribution < -0.4 is 19.5 Å². The van der Waals surface area contributed by atoms with Crippen molar-refractivity contribution in [2.24, 2.45) is 5.92 Å². The number of hydrogen-bond donors (Lipinski definition) is 1. The van der Waals surface area contributed by atoms with Crippen LogP contribution in [0.1, 0.15) is 49.4 Å². The number of carbonyl (C=O) groups excluding carboxylic acids is 2. The lowest BCUT2D eigenvalue weighted by molar-refractivity contribution is -0.118. The number of para-hydroxylation sites is 2. The largest absolute Gasteiger partial charge is 0.495 e. The summed E-state index contributed by atoms with van der Waals surface area (Å²) in [5, 5.41) is 2.77. The zero-order chi connectivity index (χ0) is 23.6. The van der Waals surface area contributed by atoms with E-state index in [0.29, 0.717) is 34.4 Å². The van der Waals surface area contributed by atoms with Crippen LogP contribution in [-0.4, -0.2) is 50.6 Å². The maximum Gasteiger partial charge on any atom is 0.262 e. The van der Waals surface area contributed by atoms with Crippen LogP contribution >= 0.6 is 0 Å². The van der Waals surface area contributed by atoms with Crippen molar-refractivity contribution in [2.75, 3.05) is 39.2 Å². The molecule has 7 heteroatoms. The number of anilines is 1. The summed E-state index contributed by atoms with van der Waals surface area (Å²) in [6.45, 7) is 3.58. The van der Waals surface area contributed by atoms with E-state index < -0.39 is 0 Å². The van der Waals surface area contributed by atoms with Gasteiger partial charge in [0.05, 0.1) is 19.9 Å². The third-order valence-corrected chi connectivity index (χ3v) is 5.98. The van der Waals surface area contributed by atoms with Gasteiger partial charge in [0.25, 0.3) is 11.8 Å². The minimum Gasteiger partial charge on any atom is -0.495 e. The molecular formula is C26H34N2O5. The third-order valence-electron chi connectivity index (χ3n) is 5.98. The topological polar surface area (TPSA) is 77.1 Å². The van der Waals surface area contributed by atoms with Gasteiger partial charge in [0, 0.05) is 18.7 Å². The molecule has 1 N–H and O–H groups in total. The van der Waals surface area contributed by atoms with Gasteiger partial charge < -0.3 is 24.4 Å². The number of ether oxygens (including phenoxy) is 3. The van der Waals surface area contributed by atoms with Crippen LogP contribution in [0.2, 0.25) is 0 Å². The van der Waals surface area contributed by atoms with Gasteiger partial charge in [0.15, 0.2) is 18.1 Å². The second-order valence-electron chi connectivity index (χ2n) is 8.28. The molecule has 1 fully saturated rings. The van der Waals surface area contributed by atoms with Crippen molar-refractivity contribution in [1.82, 2.24) is 4.90 Å². The fourth-order valence-electron chi connectivity index (χ4n) is 4.25. The highest BCUT2D eigenvalue weighted by Crippen LogP contribution is 2.30. The molecule has 7 nitrogen and oxygen atoms in total. The van der Waals surface area contributed by atoms with E-state index in [0.717, 1.165) is 25.9 Å². The van der Waals surface area contributed by atoms with Crippen molar-refractivity contribution in [3.05, 3.63) is 48.0 Å². The van der Waals surface area contributed by atoms with Crippen LogP contribution in [0.4, 0.5) is 5.69 Å². The van der Waals surface area contributed by atoms with Crippen LogP contribution in [0.25, 0.3) is 0 Å². The highest BCUT2D eigenvalue weighted by Gasteiger charge is 2.22. The summed E-state index contributed by atoms with van der Waals surface area (Å²) in [6, 6.07) is 12.3. The molecule has 2 aromatic rings. The number of amides is 2. The Kier molecular flexibility index (Phi) is 8.98. The summed E-state index contributed by atoms with van der Waals surface area (Å²) in [4.78, 5) is 27.4. The van der Waals surface area contributed by atoms with E-state index in [1.54, 1.807) is 37.4 Å². The lowest BCUT2D eigenvalue weighted by Crippen LogP contribution is -2.32. The molecule has 0 saturated carbocycles. The lowest BCUT2D eigenvalue weighted by Gasteiger charge is -2.21. The first-order valence-corrected chi connectivity index (χ1v) is 11.6. The Morgan fingerprint density at radius 1 is 1.00 bits per heavy atom. The lowest BCUT2D eigenvalue weighted by atomic mass is 9.96. The third kappa shape index (κ3) is 6.63. The molecule has 0 spiro atoms. The molecule has 33 heavy (non-hydrogen) atoms. The maximum absolute atomic E-state index is 13.1. The quantitative estimate of drug-likeness (QED) is 0.591. The van der Waals surface area contributed by atoms with E-state index in [1.165, 1.54) is 26.4 Å². The summed E-state index contributed by atoms with van der Waals surface area (Å²) in [5.41, 5.74) is 1.13. The van der Waals surface area contributed by atoms with E-state index >= 15 is 0 Å². The number of methoxy groups -OCH3 is 2. The first-order chi connectivity index (χ1) is 16.0. The molecule has 0 aliphatic carbocycles. The van der Waals surface area contributed by atoms with Crippen LogP contribution in [0, 0.1) is 5.92 Å². The van der Waals surface area contributed by atoms with Crippen LogP contribution in [0.5, 0.6) is 17.2 Å². The second-order valence-corrected chi connectivity index (χ2v) is 8.28. The standard InChI is InChI=1S/C26H34N2O5/c1-4-8-19-9-7-15-28(16-14-19)26(30)20-12-13-23(24(17-20)32-3)33-18-25(29)27-21-10-5-6-11-22(21)31-2/h5-6,10-13,17,19H,4,7-9,14-16,18H2,1-3H3,(H,27,29). The van der Waals surface area contributed by atoms with Gasteiger partial charge in [-0.25, -0.2) is 0 Å². The Morgan fingerprint density at radius 3 is 2.55 bits per heavy atom. The van der Waals surface area contributed by atoms with Crippen molar-refractivity contribution >= 4 is 17.5 Å². The number of benzene rings is 2. The van der Waals surface area contributed by atoms with Gasteiger partial charge in [0.1, 0.15) is 5.75 Å². The minimum atomic E-state index is -0.326. The van der Waals surface area contributed by atoms with Gasteiger partial charge in [-0.3, -0.25) is 9.59 Å². The Morgan fingerprint density at radius 2 is 1.79 bits per heavy atom. The van der Waals surface area contributed by atoms with Gasteiger partial charge in [-0.1, -0.05) is 31.9 Å². The molecule has 2 aromatic carbocycles. The number of nitrogens with zero attached hydrogens (tertiary/aromatic N) is 1. The highest BCUT2D eigenvalue weighted by molar-refractivity contribution is 5.95. The number of nitrogens with one attached hydrogen (secondary N) is 1. The minimum absolute atomic E-state index is 0.00548. The number of rotatable bonds is 9. The van der Waals surface area contributed by atoms with Crippen molar-refractivity contribution in [1.29, 1.82) is 0 Å². The van der Waals surface area contributed by atoms with Crippen molar-refractivity contribution in [3.63, 3.8) is 0 Å². The second kappa shape index (κ2) is 12.1. The average Bonchev–Trinajstić information content (AvgIpc) is 3.08. The molecule has 1 unspecified atom stereocenters. The zero-order valence-electron chi connectivity index (χ0n) is 19.8. The smallest absolute Gasteiger partial charge is 0.262 e. The molecule has 1 aliphatic rings. The fourth-order valence-corrected chi connectivity index (χ4v) is 4.25. The van der Waals surface area contributed by atoms with E-state index in [-0.39, 0.29) is 18.4 Å². The Hall–Kier alpha value is -3.22. The Bertz CT molecular complexity index is 946. The molecule has 1 atom stereocenters. The number of hydrogen-bond acceptors (Lipinski definition) is 5. The molecule has 3 rings (SSSR count). The van der Waals surface area contributed by atoms with Crippen LogP contribution in [0.15, 0.2) is 42.5 Å². The summed E-state index contributed by atoms with van der Waals surface area (Å²) in [7, 11) is 3.07. The summed E-state index contributed by atoms with van der Waals surface area (Å²) < 4.78 is 16.4. The molecule has 178 valence electrons. The summed E-state index contributed by atoms with van der Waals surface area (Å²) >= 11 is 0. The summed E-state index contributed by atoms with van der Waals surface area (Å²) in [5.74, 6) is 1.78. The molecule has 0 bridgehead atoms. The molecule has 0 aromatic heterocycles. The first-order valence-electron chi connectivity index (χ1n) is 11.6. The SMILES string of the molecule is CCCC1CCCN(C(=O)c2ccc(OCC(=O)Nc3ccccc3OC)c(OC)c2)CC1. The Balaban J connectivity index is 1.61. The number of likely N-dealkylation sites (tertiary alicyclic amines) is 1. The molecular weight excluding hydrogens is 420 g/mol. The fraction of sp³-hybridized carbons (Fsp3) is 0.462. The van der Waals surface area contributed by atoms with Crippen LogP contribution in [-0.2, 0) is 4.79 Å². The van der Waals surface area contributed by atoms with Crippen molar-refractivity contribution in [2.45, 2.75) is 39.0 Å². The van der Waals surface area contributed by atoms with Gasteiger partial charge in [-0.05, 0) is 55.5 Å². The Labute approximate surface area is 196 Å². The predicted molar refractivity (Wildman–Crippen MR) is 128 cm³/mol. The van der Waals surface area contributed by atoms with E-state index in [2.05, 4.69) is 12.2 Å². The van der Waals surface area contributed by atoms with Crippen molar-refractivity contribution < 1.29 is 23.8 Å². The molecule has 2 amide bonds. The molecule has 1 heterocycles. The maximum atomic E-state index is 13.1. The number of carbonyl (C=O) groups is 2. The average molecular weight is 455 g/mol. The van der Waals surface area contributed by atoms with Crippen molar-refractivity contribution in [3.8, 4) is 17.2 Å². The van der Waals surface area contributed by atoms with E-state index in [9.17, 15) is 9.59 Å². The molecule has 1 aliphatic heterocycles. The molecule has 1 saturated heterocycles. The van der Waals surface area contributed by atoms with Gasteiger partial charge in [0.2, 0.25) is 0 Å². The highest BCUT2D eigenvalue weighted by atomic mass is 16.5. The normalized spacial score (nSPS) is 16.0. The van der Waals surface area contributed by atoms with E-state index in [4.69, 9.17) is 14.2 Å². The van der Waals surface area contributed by atoms with Gasteiger partial charge >= 0.3 is 0 Å². The van der Waals surface area contributed by atoms with Gasteiger partial charge in [-0.15, -0.1) is 0 Å². The van der Waals surface area contributed by atoms with Crippen LogP contribution in [0.3, 0.4) is 0 Å². The first kappa shape index (κ1) is 24.4. The monoisotopic (exact) mass is 454 g/mol. The predicted octanol–water partition coefficient (Wildman–Crippen LogP) is 4.76. The van der Waals surface area contributed by atoms with Gasteiger partial charge in [-0.2, -0.15) is 0 Å². The van der Waals surface area contributed by atoms with E-state index in [1.807, 2.05) is 17.0 Å². The zero-order valence-corrected chi connectivity index (χ0v) is 19.8. The molecule has 0 radical (unpaired) electrons. The summed E-state index contributed by atoms with van der Waals surface area (Å²) in [6.07, 6.45) is 5.70.